The van der Waals surface area contributed by atoms with Crippen molar-refractivity contribution in [2.75, 3.05) is 6.54 Å². The SMILES string of the molecule is CC(=O)ON(Cc1ccc(Oc2ccccc2)cc1)Cc1ccc(C(=O)NCCc2ccc(-c3ccccc3)cc2)cc1Br. The number of halogens is 1. The molecule has 0 aliphatic heterocycles. The Hall–Kier alpha value is -4.72. The van der Waals surface area contributed by atoms with Crippen LogP contribution in [0, 0.1) is 0 Å². The first-order chi connectivity index (χ1) is 21.4. The van der Waals surface area contributed by atoms with E-state index in [1.807, 2.05) is 78.9 Å². The van der Waals surface area contributed by atoms with E-state index in [0.29, 0.717) is 25.2 Å². The zero-order valence-corrected chi connectivity index (χ0v) is 26.0. The van der Waals surface area contributed by atoms with Crippen LogP contribution in [0.1, 0.15) is 34.0 Å². The van der Waals surface area contributed by atoms with E-state index in [-0.39, 0.29) is 5.91 Å². The molecule has 0 fully saturated rings. The number of hydrogen-bond donors (Lipinski definition) is 1. The van der Waals surface area contributed by atoms with Crippen LogP contribution in [0.5, 0.6) is 11.5 Å². The minimum atomic E-state index is -0.407. The van der Waals surface area contributed by atoms with Gasteiger partial charge in [0.25, 0.3) is 5.91 Å². The predicted octanol–water partition coefficient (Wildman–Crippen LogP) is 8.36. The van der Waals surface area contributed by atoms with Crippen LogP contribution in [-0.4, -0.2) is 23.5 Å². The van der Waals surface area contributed by atoms with Crippen molar-refractivity contribution in [2.45, 2.75) is 26.4 Å². The lowest BCUT2D eigenvalue weighted by molar-refractivity contribution is -0.194. The van der Waals surface area contributed by atoms with Gasteiger partial charge in [-0.3, -0.25) is 9.59 Å². The molecule has 0 saturated carbocycles. The lowest BCUT2D eigenvalue weighted by Crippen LogP contribution is -2.27. The standard InChI is InChI=1S/C37H33BrN2O4/c1-27(41)44-40(25-29-14-20-35(21-15-29)43-34-10-6-3-7-11-34)26-33-19-18-32(24-36(33)38)37(42)39-23-22-28-12-16-31(17-13-28)30-8-4-2-5-9-30/h2-21,24H,22-23,25-26H2,1H3,(H,39,42). The van der Waals surface area contributed by atoms with Crippen molar-refractivity contribution in [3.63, 3.8) is 0 Å². The lowest BCUT2D eigenvalue weighted by atomic mass is 10.0. The molecule has 5 aromatic carbocycles. The van der Waals surface area contributed by atoms with Crippen molar-refractivity contribution in [1.29, 1.82) is 0 Å². The molecule has 44 heavy (non-hydrogen) atoms. The van der Waals surface area contributed by atoms with Crippen molar-refractivity contribution >= 4 is 27.8 Å². The number of hydroxylamine groups is 2. The fraction of sp³-hybridized carbons (Fsp3) is 0.135. The highest BCUT2D eigenvalue weighted by Gasteiger charge is 2.15. The number of amides is 1. The average Bonchev–Trinajstić information content (AvgIpc) is 3.04. The molecule has 7 heteroatoms. The van der Waals surface area contributed by atoms with Gasteiger partial charge in [0, 0.05) is 23.5 Å². The first-order valence-electron chi connectivity index (χ1n) is 14.4. The molecule has 0 bridgehead atoms. The van der Waals surface area contributed by atoms with E-state index in [2.05, 4.69) is 57.6 Å². The molecular weight excluding hydrogens is 616 g/mol. The highest BCUT2D eigenvalue weighted by molar-refractivity contribution is 9.10. The Morgan fingerprint density at radius 2 is 1.32 bits per heavy atom. The molecule has 222 valence electrons. The number of nitrogens with one attached hydrogen (secondary N) is 1. The fourth-order valence-electron chi connectivity index (χ4n) is 4.72. The van der Waals surface area contributed by atoms with Crippen LogP contribution in [0.15, 0.2) is 132 Å². The predicted molar refractivity (Wildman–Crippen MR) is 176 cm³/mol. The molecule has 0 aliphatic rings. The molecule has 6 nitrogen and oxygen atoms in total. The van der Waals surface area contributed by atoms with Crippen molar-refractivity contribution in [2.24, 2.45) is 0 Å². The number of carbonyl (C=O) groups is 2. The Bertz CT molecular complexity index is 1680. The van der Waals surface area contributed by atoms with Gasteiger partial charge in [0.1, 0.15) is 11.5 Å². The van der Waals surface area contributed by atoms with Gasteiger partial charge in [0.15, 0.2) is 0 Å². The Labute approximate surface area is 266 Å². The maximum absolute atomic E-state index is 12.9. The van der Waals surface area contributed by atoms with Crippen molar-refractivity contribution < 1.29 is 19.2 Å². The number of hydrogen-bond acceptors (Lipinski definition) is 5. The summed E-state index contributed by atoms with van der Waals surface area (Å²) in [6.45, 7) is 2.62. The smallest absolute Gasteiger partial charge is 0.322 e. The Kier molecular flexibility index (Phi) is 10.6. The van der Waals surface area contributed by atoms with Crippen molar-refractivity contribution in [3.05, 3.63) is 154 Å². The number of rotatable bonds is 12. The third-order valence-corrected chi connectivity index (χ3v) is 7.68. The second kappa shape index (κ2) is 15.1. The van der Waals surface area contributed by atoms with Gasteiger partial charge in [0.2, 0.25) is 0 Å². The van der Waals surface area contributed by atoms with Crippen LogP contribution in [0.4, 0.5) is 0 Å². The van der Waals surface area contributed by atoms with E-state index in [9.17, 15) is 9.59 Å². The van der Waals surface area contributed by atoms with E-state index >= 15 is 0 Å². The molecule has 0 unspecified atom stereocenters. The molecule has 0 saturated heterocycles. The van der Waals surface area contributed by atoms with Crippen LogP contribution >= 0.6 is 15.9 Å². The lowest BCUT2D eigenvalue weighted by Gasteiger charge is -2.21. The Morgan fingerprint density at radius 1 is 0.705 bits per heavy atom. The first-order valence-corrected chi connectivity index (χ1v) is 15.2. The van der Waals surface area contributed by atoms with Gasteiger partial charge < -0.3 is 14.9 Å². The summed E-state index contributed by atoms with van der Waals surface area (Å²) in [5, 5.41) is 4.61. The van der Waals surface area contributed by atoms with Crippen LogP contribution in [0.3, 0.4) is 0 Å². The van der Waals surface area contributed by atoms with E-state index in [1.165, 1.54) is 18.1 Å². The second-order valence-electron chi connectivity index (χ2n) is 10.3. The van der Waals surface area contributed by atoms with Gasteiger partial charge in [0.05, 0.1) is 13.1 Å². The van der Waals surface area contributed by atoms with Crippen LogP contribution in [0.2, 0.25) is 0 Å². The minimum Gasteiger partial charge on any atom is -0.457 e. The summed E-state index contributed by atoms with van der Waals surface area (Å²) >= 11 is 3.60. The zero-order chi connectivity index (χ0) is 30.7. The van der Waals surface area contributed by atoms with E-state index in [1.54, 1.807) is 17.2 Å². The zero-order valence-electron chi connectivity index (χ0n) is 24.4. The molecule has 0 aliphatic carbocycles. The molecule has 1 amide bonds. The first kappa shape index (κ1) is 30.7. The van der Waals surface area contributed by atoms with Gasteiger partial charge in [-0.05, 0) is 70.6 Å². The van der Waals surface area contributed by atoms with Crippen LogP contribution in [0.25, 0.3) is 11.1 Å². The van der Waals surface area contributed by atoms with E-state index < -0.39 is 5.97 Å². The van der Waals surface area contributed by atoms with Gasteiger partial charge in [-0.15, -0.1) is 5.06 Å². The molecule has 1 N–H and O–H groups in total. The quantitative estimate of drug-likeness (QED) is 0.138. The summed E-state index contributed by atoms with van der Waals surface area (Å²) in [6, 6.07) is 41.3. The normalized spacial score (nSPS) is 10.8. The second-order valence-corrected chi connectivity index (χ2v) is 11.2. The number of nitrogens with zero attached hydrogens (tertiary/aromatic N) is 1. The number of benzene rings is 5. The maximum atomic E-state index is 12.9. The summed E-state index contributed by atoms with van der Waals surface area (Å²) in [5.41, 5.74) is 5.89. The number of ether oxygens (including phenoxy) is 1. The molecule has 0 heterocycles. The molecular formula is C37H33BrN2O4. The molecule has 0 aromatic heterocycles. The molecule has 0 spiro atoms. The Morgan fingerprint density at radius 3 is 1.98 bits per heavy atom. The summed E-state index contributed by atoms with van der Waals surface area (Å²) in [5.74, 6) is 0.929. The third-order valence-electron chi connectivity index (χ3n) is 6.94. The molecule has 0 atom stereocenters. The molecule has 5 aromatic rings. The summed E-state index contributed by atoms with van der Waals surface area (Å²) in [7, 11) is 0. The average molecular weight is 650 g/mol. The van der Waals surface area contributed by atoms with E-state index in [0.717, 1.165) is 39.1 Å². The highest BCUT2D eigenvalue weighted by Crippen LogP contribution is 2.24. The topological polar surface area (TPSA) is 67.9 Å². The Balaban J connectivity index is 1.14. The van der Waals surface area contributed by atoms with E-state index in [4.69, 9.17) is 9.57 Å². The largest absolute Gasteiger partial charge is 0.457 e. The minimum absolute atomic E-state index is 0.146. The van der Waals surface area contributed by atoms with Gasteiger partial charge in [-0.2, -0.15) is 0 Å². The summed E-state index contributed by atoms with van der Waals surface area (Å²) in [4.78, 5) is 30.2. The van der Waals surface area contributed by atoms with Crippen molar-refractivity contribution in [3.8, 4) is 22.6 Å². The number of carbonyl (C=O) groups excluding carboxylic acids is 2. The molecule has 5 rings (SSSR count). The van der Waals surface area contributed by atoms with Crippen LogP contribution < -0.4 is 10.1 Å². The third kappa shape index (κ3) is 8.89. The van der Waals surface area contributed by atoms with Crippen LogP contribution in [-0.2, 0) is 29.1 Å². The fourth-order valence-corrected chi connectivity index (χ4v) is 5.22. The number of para-hydroxylation sites is 1. The van der Waals surface area contributed by atoms with Gasteiger partial charge in [-0.1, -0.05) is 107 Å². The molecule has 0 radical (unpaired) electrons. The monoisotopic (exact) mass is 648 g/mol. The highest BCUT2D eigenvalue weighted by atomic mass is 79.9. The van der Waals surface area contributed by atoms with Crippen molar-refractivity contribution in [1.82, 2.24) is 10.4 Å². The maximum Gasteiger partial charge on any atom is 0.322 e. The summed E-state index contributed by atoms with van der Waals surface area (Å²) in [6.07, 6.45) is 0.733. The van der Waals surface area contributed by atoms with Gasteiger partial charge >= 0.3 is 5.97 Å². The van der Waals surface area contributed by atoms with Gasteiger partial charge in [-0.25, -0.2) is 0 Å². The summed E-state index contributed by atoms with van der Waals surface area (Å²) < 4.78 is 6.63.